The second kappa shape index (κ2) is 20.4. The van der Waals surface area contributed by atoms with E-state index in [9.17, 15) is 29.5 Å². The number of hydrogen-bond acceptors (Lipinski definition) is 13. The number of aryl methyl sites for hydroxylation is 1. The minimum absolute atomic E-state index is 0.00249. The highest BCUT2D eigenvalue weighted by Gasteiger charge is 2.36. The summed E-state index contributed by atoms with van der Waals surface area (Å²) in [4.78, 5) is 49.6. The molecule has 0 spiro atoms. The Bertz CT molecular complexity index is 3060. The fourth-order valence-electron chi connectivity index (χ4n) is 10.9. The van der Waals surface area contributed by atoms with E-state index in [4.69, 9.17) is 21.6 Å². The van der Waals surface area contributed by atoms with Crippen molar-refractivity contribution in [1.29, 1.82) is 5.26 Å². The van der Waals surface area contributed by atoms with Crippen LogP contribution in [-0.4, -0.2) is 134 Å². The molecule has 4 aromatic carbocycles. The number of benzene rings is 4. The van der Waals surface area contributed by atoms with Crippen LogP contribution < -0.4 is 20.4 Å². The van der Waals surface area contributed by atoms with Gasteiger partial charge in [0.2, 0.25) is 5.95 Å². The number of nitriles is 1. The molecule has 1 unspecified atom stereocenters. The van der Waals surface area contributed by atoms with Crippen LogP contribution in [0, 0.1) is 17.2 Å². The third-order valence-electron chi connectivity index (χ3n) is 14.8. The fraction of sp³-hybridized carbons (Fsp3) is 0.396. The molecular weight excluding hydrogens is 923 g/mol. The number of phenolic OH excluding ortho intramolecular Hbond substituents is 2. The summed E-state index contributed by atoms with van der Waals surface area (Å²) in [6.07, 6.45) is 3.33. The maximum absolute atomic E-state index is 14.1. The molecule has 16 nitrogen and oxygen atoms in total. The average molecular weight is 982 g/mol. The number of carbonyl (C=O) groups is 1. The second-order valence-electron chi connectivity index (χ2n) is 19.1. The zero-order valence-corrected chi connectivity index (χ0v) is 40.7. The lowest BCUT2D eigenvalue weighted by atomic mass is 9.96. The quantitative estimate of drug-likeness (QED) is 0.109. The maximum atomic E-state index is 14.1. The molecule has 10 rings (SSSR count). The molecule has 0 radical (unpaired) electrons. The summed E-state index contributed by atoms with van der Waals surface area (Å²) in [6, 6.07) is 24.7. The van der Waals surface area contributed by atoms with Crippen LogP contribution in [0.1, 0.15) is 48.6 Å². The van der Waals surface area contributed by atoms with Gasteiger partial charge in [0.15, 0.2) is 11.7 Å². The number of phenols is 2. The van der Waals surface area contributed by atoms with Gasteiger partial charge < -0.3 is 34.7 Å². The van der Waals surface area contributed by atoms with Gasteiger partial charge >= 0.3 is 5.69 Å². The molecule has 18 heteroatoms. The van der Waals surface area contributed by atoms with Crippen molar-refractivity contribution in [1.82, 2.24) is 39.4 Å². The zero-order valence-electron chi connectivity index (χ0n) is 39.9. The van der Waals surface area contributed by atoms with Crippen LogP contribution in [0.5, 0.6) is 11.5 Å². The molecule has 3 fully saturated rings. The Balaban J connectivity index is 0.788. The number of piperidine rings is 1. The van der Waals surface area contributed by atoms with Crippen LogP contribution in [0.15, 0.2) is 90.0 Å². The number of hydrogen-bond donors (Lipinski definition) is 3. The van der Waals surface area contributed by atoms with E-state index in [0.717, 1.165) is 111 Å². The molecule has 0 saturated carbocycles. The number of nitrogens with zero attached hydrogens (tertiary/aromatic N) is 11. The van der Waals surface area contributed by atoms with Gasteiger partial charge in [-0.2, -0.15) is 15.3 Å². The number of amides is 1. The number of piperazine rings is 2. The SMILES string of the molecule is C=C(F)C(=O)N1CCN(c2nc(N3CCC(CN4CCN(Cc5ccc(-n6c(-c7cc(CC)c(O)cc7O)n[nH]c6=O)cc5)CC4)CC3)nc3c2CCN(c2cccc4cccc(Cl)c24)C3)CC1CC#N. The summed E-state index contributed by atoms with van der Waals surface area (Å²) in [5.74, 6) is 0.359. The number of halogens is 2. The Morgan fingerprint density at radius 2 is 1.65 bits per heavy atom. The smallest absolute Gasteiger partial charge is 0.348 e. The summed E-state index contributed by atoms with van der Waals surface area (Å²) in [5, 5.41) is 40.1. The lowest BCUT2D eigenvalue weighted by molar-refractivity contribution is -0.131. The van der Waals surface area contributed by atoms with Crippen LogP contribution >= 0.6 is 11.6 Å². The van der Waals surface area contributed by atoms with E-state index in [1.54, 1.807) is 6.07 Å². The van der Waals surface area contributed by atoms with Crippen molar-refractivity contribution < 1.29 is 19.4 Å². The van der Waals surface area contributed by atoms with E-state index in [2.05, 4.69) is 71.6 Å². The number of aromatic hydroxyl groups is 2. The number of carbonyl (C=O) groups excluding carboxylic acids is 1. The lowest BCUT2D eigenvalue weighted by Gasteiger charge is -2.43. The van der Waals surface area contributed by atoms with Gasteiger partial charge in [-0.3, -0.25) is 9.69 Å². The Hall–Kier alpha value is -7.00. The average Bonchev–Trinajstić information content (AvgIpc) is 3.77. The monoisotopic (exact) mass is 980 g/mol. The predicted molar refractivity (Wildman–Crippen MR) is 273 cm³/mol. The number of H-pyrrole nitrogens is 1. The molecule has 6 aromatic rings. The van der Waals surface area contributed by atoms with Gasteiger partial charge in [-0.15, -0.1) is 0 Å². The summed E-state index contributed by atoms with van der Waals surface area (Å²) in [7, 11) is 0. The van der Waals surface area contributed by atoms with E-state index < -0.39 is 23.5 Å². The molecule has 1 atom stereocenters. The van der Waals surface area contributed by atoms with E-state index >= 15 is 0 Å². The number of aromatic amines is 1. The molecule has 0 aliphatic carbocycles. The molecular formula is C53H58ClFN12O4. The Labute approximate surface area is 416 Å². The molecule has 3 N–H and O–H groups in total. The first-order valence-corrected chi connectivity index (χ1v) is 24.9. The zero-order chi connectivity index (χ0) is 49.3. The third-order valence-corrected chi connectivity index (χ3v) is 15.1. The molecule has 0 bridgehead atoms. The normalized spacial score (nSPS) is 18.2. The van der Waals surface area contributed by atoms with Crippen LogP contribution in [0.4, 0.5) is 21.8 Å². The number of aromatic nitrogens is 5. The largest absolute Gasteiger partial charge is 0.508 e. The molecule has 3 saturated heterocycles. The first-order valence-electron chi connectivity index (χ1n) is 24.6. The first kappa shape index (κ1) is 47.7. The Kier molecular flexibility index (Phi) is 13.7. The molecule has 1 amide bonds. The van der Waals surface area contributed by atoms with Crippen molar-refractivity contribution >= 4 is 45.7 Å². The molecule has 368 valence electrons. The first-order chi connectivity index (χ1) is 34.5. The lowest BCUT2D eigenvalue weighted by Crippen LogP contribution is -2.56. The van der Waals surface area contributed by atoms with Crippen molar-refractivity contribution in [3.05, 3.63) is 123 Å². The van der Waals surface area contributed by atoms with E-state index in [-0.39, 0.29) is 30.3 Å². The van der Waals surface area contributed by atoms with Crippen LogP contribution in [0.2, 0.25) is 5.02 Å². The molecule has 4 aliphatic heterocycles. The minimum atomic E-state index is -1.02. The highest BCUT2D eigenvalue weighted by Crippen LogP contribution is 2.39. The van der Waals surface area contributed by atoms with Crippen LogP contribution in [-0.2, 0) is 30.7 Å². The molecule has 71 heavy (non-hydrogen) atoms. The highest BCUT2D eigenvalue weighted by atomic mass is 35.5. The third kappa shape index (κ3) is 9.76. The van der Waals surface area contributed by atoms with Crippen molar-refractivity contribution in [2.24, 2.45) is 5.92 Å². The van der Waals surface area contributed by atoms with Gasteiger partial charge in [0.25, 0.3) is 5.91 Å². The predicted octanol–water partition coefficient (Wildman–Crippen LogP) is 6.81. The van der Waals surface area contributed by atoms with Crippen molar-refractivity contribution in [2.45, 2.75) is 58.2 Å². The summed E-state index contributed by atoms with van der Waals surface area (Å²) in [5.41, 5.74) is 5.41. The van der Waals surface area contributed by atoms with Crippen molar-refractivity contribution in [2.75, 3.05) is 86.7 Å². The van der Waals surface area contributed by atoms with Crippen molar-refractivity contribution in [3.8, 4) is 34.6 Å². The maximum Gasteiger partial charge on any atom is 0.348 e. The molecule has 4 aliphatic rings. The van der Waals surface area contributed by atoms with Gasteiger partial charge in [0.1, 0.15) is 17.3 Å². The fourth-order valence-corrected chi connectivity index (χ4v) is 11.2. The summed E-state index contributed by atoms with van der Waals surface area (Å²) in [6.45, 7) is 14.8. The van der Waals surface area contributed by atoms with Crippen LogP contribution in [0.25, 0.3) is 27.8 Å². The van der Waals surface area contributed by atoms with E-state index in [1.807, 2.05) is 43.3 Å². The number of fused-ring (bicyclic) bond motifs is 2. The van der Waals surface area contributed by atoms with Crippen molar-refractivity contribution in [3.63, 3.8) is 0 Å². The summed E-state index contributed by atoms with van der Waals surface area (Å²) < 4.78 is 15.6. The molecule has 2 aromatic heterocycles. The highest BCUT2D eigenvalue weighted by molar-refractivity contribution is 6.36. The Morgan fingerprint density at radius 1 is 0.901 bits per heavy atom. The molecule has 6 heterocycles. The summed E-state index contributed by atoms with van der Waals surface area (Å²) >= 11 is 6.82. The van der Waals surface area contributed by atoms with E-state index in [0.29, 0.717) is 66.2 Å². The second-order valence-corrected chi connectivity index (χ2v) is 19.5. The van der Waals surface area contributed by atoms with Crippen LogP contribution in [0.3, 0.4) is 0 Å². The number of rotatable bonds is 12. The topological polar surface area (TPSA) is 177 Å². The van der Waals surface area contributed by atoms with Gasteiger partial charge in [0, 0.05) is 101 Å². The van der Waals surface area contributed by atoms with Gasteiger partial charge in [0.05, 0.1) is 47.0 Å². The van der Waals surface area contributed by atoms with E-state index in [1.165, 1.54) is 15.5 Å². The minimum Gasteiger partial charge on any atom is -0.508 e. The van der Waals surface area contributed by atoms with Gasteiger partial charge in [-0.05, 0) is 78.4 Å². The standard InChI is InChI=1S/C53H58ClFN12O4/c1-3-37-28-42(47(69)29-46(37)68)50-59-60-53(71)67(50)39-12-10-35(11-13-39)30-61-22-24-62(25-23-61)31-36-15-19-63(20-16-36)52-57-44-33-64(45-9-5-7-38-6-4-8-43(54)48(38)45)21-17-41(44)49(58-52)65-26-27-66(51(70)34(2)55)40(32-65)14-18-56/h4-13,28-29,36,40,68-69H,2-3,14-17,19-27,30-33H2,1H3,(H,60,71). The Morgan fingerprint density at radius 3 is 2.38 bits per heavy atom. The number of nitrogens with one attached hydrogen (secondary N) is 1. The number of anilines is 3. The van der Waals surface area contributed by atoms with Gasteiger partial charge in [-0.1, -0.05) is 61.5 Å². The van der Waals surface area contributed by atoms with Gasteiger partial charge in [-0.25, -0.2) is 23.8 Å².